The lowest BCUT2D eigenvalue weighted by atomic mass is 10.3. The zero-order chi connectivity index (χ0) is 13.8. The predicted molar refractivity (Wildman–Crippen MR) is 74.1 cm³/mol. The molecule has 1 aromatic heterocycles. The molecule has 1 aromatic carbocycles. The lowest BCUT2D eigenvalue weighted by Gasteiger charge is -2.01. The molecule has 0 spiro atoms. The van der Waals surface area contributed by atoms with E-state index >= 15 is 0 Å². The van der Waals surface area contributed by atoms with Gasteiger partial charge in [-0.3, -0.25) is 10.2 Å². The van der Waals surface area contributed by atoms with Crippen molar-refractivity contribution in [3.05, 3.63) is 40.1 Å². The monoisotopic (exact) mass is 298 g/mol. The number of nitrogen functional groups attached to an aromatic ring is 2. The van der Waals surface area contributed by atoms with Crippen LogP contribution in [0.4, 0.5) is 10.1 Å². The van der Waals surface area contributed by atoms with Crippen molar-refractivity contribution in [2.45, 2.75) is 10.6 Å². The highest BCUT2D eigenvalue weighted by Crippen LogP contribution is 2.26. The topological polar surface area (TPSA) is 94.0 Å². The number of nitrogens with zero attached hydrogens (tertiary/aromatic N) is 1. The number of hydrogen-bond acceptors (Lipinski definition) is 6. The number of carbonyl (C=O) groups excluding carboxylic acids is 1. The highest BCUT2D eigenvalue weighted by Gasteiger charge is 2.09. The number of hydrazine groups is 1. The van der Waals surface area contributed by atoms with Crippen LogP contribution in [0.2, 0.25) is 0 Å². The number of benzene rings is 1. The summed E-state index contributed by atoms with van der Waals surface area (Å²) in [5, 5.41) is 2.07. The fraction of sp³-hybridized carbons (Fsp3) is 0.0909. The molecule has 0 aliphatic heterocycles. The summed E-state index contributed by atoms with van der Waals surface area (Å²) >= 11 is 2.60. The van der Waals surface area contributed by atoms with Gasteiger partial charge in [0.25, 0.3) is 5.91 Å². The summed E-state index contributed by atoms with van der Waals surface area (Å²) in [6, 6.07) is 4.35. The standard InChI is InChI=1S/C11H11FN4OS2/c12-6-1-7(13)3-9(2-6)18-4-8-5-19-11(15-8)10(17)16-14/h1-3,5H,4,13-14H2,(H,16,17). The lowest BCUT2D eigenvalue weighted by molar-refractivity contribution is 0.0953. The van der Waals surface area contributed by atoms with E-state index in [9.17, 15) is 9.18 Å². The molecule has 5 nitrogen and oxygen atoms in total. The maximum atomic E-state index is 13.1. The summed E-state index contributed by atoms with van der Waals surface area (Å²) in [4.78, 5) is 16.1. The van der Waals surface area contributed by atoms with Gasteiger partial charge in [-0.05, 0) is 18.2 Å². The van der Waals surface area contributed by atoms with Gasteiger partial charge in [-0.15, -0.1) is 23.1 Å². The Labute approximate surface area is 117 Å². The molecule has 100 valence electrons. The minimum Gasteiger partial charge on any atom is -0.399 e. The molecule has 0 fully saturated rings. The van der Waals surface area contributed by atoms with Crippen molar-refractivity contribution in [2.24, 2.45) is 5.84 Å². The number of rotatable bonds is 4. The molecule has 0 saturated carbocycles. The van der Waals surface area contributed by atoms with Gasteiger partial charge >= 0.3 is 0 Å². The molecule has 0 saturated heterocycles. The highest BCUT2D eigenvalue weighted by atomic mass is 32.2. The van der Waals surface area contributed by atoms with Crippen molar-refractivity contribution >= 4 is 34.7 Å². The fourth-order valence-corrected chi connectivity index (χ4v) is 3.07. The first-order valence-corrected chi connectivity index (χ1v) is 7.09. The quantitative estimate of drug-likeness (QED) is 0.263. The Morgan fingerprint density at radius 3 is 2.95 bits per heavy atom. The van der Waals surface area contributed by atoms with Crippen LogP contribution in [0.1, 0.15) is 15.5 Å². The first kappa shape index (κ1) is 13.8. The molecule has 0 atom stereocenters. The van der Waals surface area contributed by atoms with Gasteiger partial charge in [0.2, 0.25) is 0 Å². The van der Waals surface area contributed by atoms with Crippen molar-refractivity contribution in [3.63, 3.8) is 0 Å². The van der Waals surface area contributed by atoms with Crippen LogP contribution in [-0.2, 0) is 5.75 Å². The molecule has 8 heteroatoms. The second-order valence-electron chi connectivity index (χ2n) is 3.63. The van der Waals surface area contributed by atoms with Crippen LogP contribution in [0.25, 0.3) is 0 Å². The Balaban J connectivity index is 2.02. The maximum Gasteiger partial charge on any atom is 0.294 e. The van der Waals surface area contributed by atoms with Gasteiger partial charge in [0, 0.05) is 21.7 Å². The van der Waals surface area contributed by atoms with Gasteiger partial charge in [0.15, 0.2) is 5.01 Å². The molecule has 2 rings (SSSR count). The van der Waals surface area contributed by atoms with E-state index in [0.29, 0.717) is 16.4 Å². The van der Waals surface area contributed by atoms with Crippen LogP contribution in [0.15, 0.2) is 28.5 Å². The van der Waals surface area contributed by atoms with Gasteiger partial charge in [-0.25, -0.2) is 15.2 Å². The van der Waals surface area contributed by atoms with Gasteiger partial charge < -0.3 is 5.73 Å². The number of carbonyl (C=O) groups is 1. The normalized spacial score (nSPS) is 10.4. The SMILES string of the molecule is NNC(=O)c1nc(CSc2cc(N)cc(F)c2)cs1. The van der Waals surface area contributed by atoms with Crippen LogP contribution in [0.3, 0.4) is 0 Å². The first-order chi connectivity index (χ1) is 9.08. The Hall–Kier alpha value is -1.64. The largest absolute Gasteiger partial charge is 0.399 e. The van der Waals surface area contributed by atoms with E-state index in [0.717, 1.165) is 10.6 Å². The van der Waals surface area contributed by atoms with Crippen LogP contribution in [-0.4, -0.2) is 10.9 Å². The number of nitrogens with one attached hydrogen (secondary N) is 1. The van der Waals surface area contributed by atoms with Crippen LogP contribution in [0, 0.1) is 5.82 Å². The molecule has 0 bridgehead atoms. The van der Waals surface area contributed by atoms with Gasteiger partial charge in [-0.1, -0.05) is 0 Å². The van der Waals surface area contributed by atoms with E-state index in [1.807, 2.05) is 5.43 Å². The molecule has 1 amide bonds. The fourth-order valence-electron chi connectivity index (χ4n) is 1.36. The van der Waals surface area contributed by atoms with E-state index in [1.54, 1.807) is 11.4 Å². The third-order valence-electron chi connectivity index (χ3n) is 2.16. The molecular formula is C11H11FN4OS2. The smallest absolute Gasteiger partial charge is 0.294 e. The Morgan fingerprint density at radius 2 is 2.26 bits per heavy atom. The average molecular weight is 298 g/mol. The molecule has 0 unspecified atom stereocenters. The van der Waals surface area contributed by atoms with Crippen LogP contribution >= 0.6 is 23.1 Å². The second-order valence-corrected chi connectivity index (χ2v) is 5.53. The number of hydrogen-bond donors (Lipinski definition) is 3. The van der Waals surface area contributed by atoms with Crippen LogP contribution < -0.4 is 17.0 Å². The zero-order valence-electron chi connectivity index (χ0n) is 9.72. The number of anilines is 1. The Kier molecular flexibility index (Phi) is 4.35. The third kappa shape index (κ3) is 3.66. The number of amides is 1. The van der Waals surface area contributed by atoms with Gasteiger partial charge in [0.05, 0.1) is 5.69 Å². The zero-order valence-corrected chi connectivity index (χ0v) is 11.4. The van der Waals surface area contributed by atoms with Crippen molar-refractivity contribution in [2.75, 3.05) is 5.73 Å². The number of thioether (sulfide) groups is 1. The summed E-state index contributed by atoms with van der Waals surface area (Å²) in [5.41, 5.74) is 8.69. The predicted octanol–water partition coefficient (Wildman–Crippen LogP) is 1.76. The summed E-state index contributed by atoms with van der Waals surface area (Å²) in [5.74, 6) is 4.75. The molecule has 1 heterocycles. The molecule has 0 aliphatic carbocycles. The van der Waals surface area contributed by atoms with Crippen LogP contribution in [0.5, 0.6) is 0 Å². The molecule has 2 aromatic rings. The van der Waals surface area contributed by atoms with E-state index < -0.39 is 5.91 Å². The maximum absolute atomic E-state index is 13.1. The van der Waals surface area contributed by atoms with E-state index in [1.165, 1.54) is 35.2 Å². The second kappa shape index (κ2) is 6.00. The number of nitrogens with two attached hydrogens (primary N) is 2. The minimum absolute atomic E-state index is 0.303. The first-order valence-electron chi connectivity index (χ1n) is 5.22. The Bertz CT molecular complexity index is 582. The van der Waals surface area contributed by atoms with E-state index in [2.05, 4.69) is 4.98 Å². The van der Waals surface area contributed by atoms with Crippen molar-refractivity contribution < 1.29 is 9.18 Å². The highest BCUT2D eigenvalue weighted by molar-refractivity contribution is 7.98. The number of halogens is 1. The van der Waals surface area contributed by atoms with E-state index in [-0.39, 0.29) is 5.82 Å². The van der Waals surface area contributed by atoms with Gasteiger partial charge in [-0.2, -0.15) is 0 Å². The summed E-state index contributed by atoms with van der Waals surface area (Å²) in [7, 11) is 0. The number of thiazole rings is 1. The third-order valence-corrected chi connectivity index (χ3v) is 4.06. The average Bonchev–Trinajstić information content (AvgIpc) is 2.83. The van der Waals surface area contributed by atoms with Crippen molar-refractivity contribution in [1.29, 1.82) is 0 Å². The molecule has 19 heavy (non-hydrogen) atoms. The van der Waals surface area contributed by atoms with E-state index in [4.69, 9.17) is 11.6 Å². The summed E-state index contributed by atoms with van der Waals surface area (Å²) in [6.45, 7) is 0. The Morgan fingerprint density at radius 1 is 1.47 bits per heavy atom. The molecule has 5 N–H and O–H groups in total. The molecule has 0 radical (unpaired) electrons. The summed E-state index contributed by atoms with van der Waals surface area (Å²) < 4.78 is 13.1. The molecule has 0 aliphatic rings. The lowest BCUT2D eigenvalue weighted by Crippen LogP contribution is -2.29. The minimum atomic E-state index is -0.420. The number of aromatic nitrogens is 1. The summed E-state index contributed by atoms with van der Waals surface area (Å²) in [6.07, 6.45) is 0. The molecular weight excluding hydrogens is 287 g/mol. The van der Waals surface area contributed by atoms with Crippen molar-refractivity contribution in [3.8, 4) is 0 Å². The van der Waals surface area contributed by atoms with Gasteiger partial charge in [0.1, 0.15) is 5.82 Å². The van der Waals surface area contributed by atoms with Crippen molar-refractivity contribution in [1.82, 2.24) is 10.4 Å².